The highest BCUT2D eigenvalue weighted by molar-refractivity contribution is 6.07. The zero-order chi connectivity index (χ0) is 16.6. The minimum absolute atomic E-state index is 0.0599. The molecule has 0 aliphatic carbocycles. The van der Waals surface area contributed by atoms with Crippen LogP contribution in [-0.4, -0.2) is 33.6 Å². The van der Waals surface area contributed by atoms with Crippen molar-refractivity contribution in [2.45, 2.75) is 19.3 Å². The largest absolute Gasteiger partial charge is 0.360 e. The average molecular weight is 309 g/mol. The van der Waals surface area contributed by atoms with Crippen LogP contribution in [-0.2, 0) is 10.2 Å². The first-order valence-electron chi connectivity index (χ1n) is 6.98. The van der Waals surface area contributed by atoms with Crippen LogP contribution in [0.5, 0.6) is 0 Å². The zero-order valence-corrected chi connectivity index (χ0v) is 13.0. The molecule has 1 aromatic carbocycles. The molecule has 0 bridgehead atoms. The number of tetrazole rings is 1. The minimum atomic E-state index is -0.572. The van der Waals surface area contributed by atoms with Crippen molar-refractivity contribution in [1.29, 1.82) is 5.26 Å². The highest BCUT2D eigenvalue weighted by Crippen LogP contribution is 2.41. The fraction of sp³-hybridized carbons (Fsp3) is 0.267. The van der Waals surface area contributed by atoms with Gasteiger partial charge in [-0.25, -0.2) is 0 Å². The summed E-state index contributed by atoms with van der Waals surface area (Å²) in [4.78, 5) is 13.9. The van der Waals surface area contributed by atoms with Gasteiger partial charge in [-0.1, -0.05) is 0 Å². The number of hydrogen-bond acceptors (Lipinski definition) is 6. The second-order valence-corrected chi connectivity index (χ2v) is 5.77. The maximum absolute atomic E-state index is 12.3. The number of nitrogens with zero attached hydrogens (tertiary/aromatic N) is 5. The number of fused-ring (bicyclic) bond motifs is 1. The van der Waals surface area contributed by atoms with E-state index in [4.69, 9.17) is 5.26 Å². The van der Waals surface area contributed by atoms with Crippen molar-refractivity contribution in [3.63, 3.8) is 0 Å². The number of rotatable bonds is 3. The summed E-state index contributed by atoms with van der Waals surface area (Å²) in [6, 6.07) is 7.66. The number of likely N-dealkylation sites (N-methyl/N-ethyl adjacent to an activating group) is 1. The first-order chi connectivity index (χ1) is 10.9. The Morgan fingerprint density at radius 3 is 2.91 bits per heavy atom. The van der Waals surface area contributed by atoms with Crippen molar-refractivity contribution in [1.82, 2.24) is 20.6 Å². The second kappa shape index (κ2) is 5.21. The van der Waals surface area contributed by atoms with E-state index in [1.807, 2.05) is 38.1 Å². The Morgan fingerprint density at radius 1 is 1.48 bits per heavy atom. The second-order valence-electron chi connectivity index (χ2n) is 5.77. The van der Waals surface area contributed by atoms with Gasteiger partial charge in [-0.15, -0.1) is 10.2 Å². The van der Waals surface area contributed by atoms with Gasteiger partial charge in [0.15, 0.2) is 0 Å². The number of nitrogens with one attached hydrogen (secondary N) is 2. The smallest absolute Gasteiger partial charge is 0.236 e. The maximum Gasteiger partial charge on any atom is 0.236 e. The molecular formula is C15H15N7O. The lowest BCUT2D eigenvalue weighted by atomic mass is 9.86. The molecule has 0 spiro atoms. The zero-order valence-electron chi connectivity index (χ0n) is 13.0. The van der Waals surface area contributed by atoms with Gasteiger partial charge in [0.05, 0.1) is 5.41 Å². The molecule has 8 heteroatoms. The third-order valence-corrected chi connectivity index (χ3v) is 3.96. The Hall–Kier alpha value is -3.21. The van der Waals surface area contributed by atoms with Crippen LogP contribution < -0.4 is 10.2 Å². The molecule has 1 aromatic heterocycles. The summed E-state index contributed by atoms with van der Waals surface area (Å²) in [7, 11) is 1.77. The molecule has 23 heavy (non-hydrogen) atoms. The number of amides is 1. The molecule has 0 unspecified atom stereocenters. The molecule has 0 atom stereocenters. The van der Waals surface area contributed by atoms with Crippen LogP contribution in [0.1, 0.15) is 25.2 Å². The van der Waals surface area contributed by atoms with Gasteiger partial charge in [-0.05, 0) is 42.8 Å². The Bertz CT molecular complexity index is 830. The predicted molar refractivity (Wildman–Crippen MR) is 84.3 cm³/mol. The van der Waals surface area contributed by atoms with Crippen molar-refractivity contribution >= 4 is 22.9 Å². The molecular weight excluding hydrogens is 294 g/mol. The standard InChI is InChI=1S/C15H15N7O/c1-15(2)11-6-10(4-5-12(11)22(3)14(15)23)17-8-9(7-16)13-18-20-21-19-13/h4-6,8,17H,1-3H3,(H,18,19,20,21). The average Bonchev–Trinajstić information content (AvgIpc) is 3.12. The van der Waals surface area contributed by atoms with Crippen molar-refractivity contribution in [3.05, 3.63) is 35.8 Å². The van der Waals surface area contributed by atoms with E-state index in [0.717, 1.165) is 16.9 Å². The number of H-pyrrole nitrogens is 1. The number of hydrogen-bond donors (Lipinski definition) is 2. The fourth-order valence-electron chi connectivity index (χ4n) is 2.64. The van der Waals surface area contributed by atoms with Crippen molar-refractivity contribution in [2.24, 2.45) is 0 Å². The third-order valence-electron chi connectivity index (χ3n) is 3.96. The number of carbonyl (C=O) groups excluding carboxylic acids is 1. The normalized spacial score (nSPS) is 16.2. The maximum atomic E-state index is 12.3. The molecule has 1 amide bonds. The highest BCUT2D eigenvalue weighted by Gasteiger charge is 2.42. The van der Waals surface area contributed by atoms with Crippen LogP contribution in [0.2, 0.25) is 0 Å². The van der Waals surface area contributed by atoms with Gasteiger partial charge in [0.2, 0.25) is 11.7 Å². The summed E-state index contributed by atoms with van der Waals surface area (Å²) in [5.74, 6) is 0.279. The van der Waals surface area contributed by atoms with E-state index in [2.05, 4.69) is 25.9 Å². The third kappa shape index (κ3) is 2.32. The van der Waals surface area contributed by atoms with Gasteiger partial charge in [0.1, 0.15) is 11.6 Å². The van der Waals surface area contributed by atoms with Gasteiger partial charge in [0.25, 0.3) is 0 Å². The predicted octanol–water partition coefficient (Wildman–Crippen LogP) is 1.43. The number of allylic oxidation sites excluding steroid dienone is 1. The lowest BCUT2D eigenvalue weighted by Gasteiger charge is -2.16. The molecule has 1 aliphatic rings. The molecule has 116 valence electrons. The Labute approximate surface area is 132 Å². The highest BCUT2D eigenvalue weighted by atomic mass is 16.2. The van der Waals surface area contributed by atoms with Crippen molar-refractivity contribution in [2.75, 3.05) is 17.3 Å². The topological polar surface area (TPSA) is 111 Å². The van der Waals surface area contributed by atoms with Crippen LogP contribution >= 0.6 is 0 Å². The minimum Gasteiger partial charge on any atom is -0.360 e. The molecule has 3 rings (SSSR count). The molecule has 2 N–H and O–H groups in total. The van der Waals surface area contributed by atoms with Gasteiger partial charge in [0, 0.05) is 24.6 Å². The van der Waals surface area contributed by atoms with E-state index >= 15 is 0 Å². The van der Waals surface area contributed by atoms with Crippen LogP contribution in [0.4, 0.5) is 11.4 Å². The van der Waals surface area contributed by atoms with Crippen molar-refractivity contribution < 1.29 is 4.79 Å². The number of anilines is 2. The van der Waals surface area contributed by atoms with E-state index in [-0.39, 0.29) is 17.3 Å². The van der Waals surface area contributed by atoms with Gasteiger partial charge < -0.3 is 10.2 Å². The number of nitriles is 1. The summed E-state index contributed by atoms with van der Waals surface area (Å²) < 4.78 is 0. The number of carbonyl (C=O) groups is 1. The Balaban J connectivity index is 1.91. The molecule has 0 radical (unpaired) electrons. The number of benzene rings is 1. The van der Waals surface area contributed by atoms with Crippen LogP contribution in [0.3, 0.4) is 0 Å². The van der Waals surface area contributed by atoms with E-state index in [1.165, 1.54) is 6.20 Å². The Kier molecular flexibility index (Phi) is 3.33. The first kappa shape index (κ1) is 14.7. The van der Waals surface area contributed by atoms with Crippen LogP contribution in [0.15, 0.2) is 24.4 Å². The van der Waals surface area contributed by atoms with Gasteiger partial charge in [-0.3, -0.25) is 4.79 Å². The van der Waals surface area contributed by atoms with Crippen LogP contribution in [0.25, 0.3) is 5.57 Å². The fourth-order valence-corrected chi connectivity index (χ4v) is 2.64. The Morgan fingerprint density at radius 2 is 2.26 bits per heavy atom. The van der Waals surface area contributed by atoms with Gasteiger partial charge >= 0.3 is 0 Å². The van der Waals surface area contributed by atoms with E-state index in [0.29, 0.717) is 0 Å². The monoisotopic (exact) mass is 309 g/mol. The SMILES string of the molecule is CN1C(=O)C(C)(C)c2cc(NC=C(C#N)c3nn[nH]n3)ccc21. The summed E-state index contributed by atoms with van der Waals surface area (Å²) in [6.45, 7) is 3.80. The van der Waals surface area contributed by atoms with E-state index in [9.17, 15) is 4.79 Å². The summed E-state index contributed by atoms with van der Waals surface area (Å²) in [6.07, 6.45) is 1.51. The number of aromatic nitrogens is 4. The number of aromatic amines is 1. The summed E-state index contributed by atoms with van der Waals surface area (Å²) >= 11 is 0. The molecule has 2 aromatic rings. The summed E-state index contributed by atoms with van der Waals surface area (Å²) in [5, 5.41) is 25.5. The van der Waals surface area contributed by atoms with E-state index in [1.54, 1.807) is 11.9 Å². The van der Waals surface area contributed by atoms with E-state index < -0.39 is 5.41 Å². The molecule has 2 heterocycles. The lowest BCUT2D eigenvalue weighted by Crippen LogP contribution is -2.33. The molecule has 0 saturated heterocycles. The lowest BCUT2D eigenvalue weighted by molar-refractivity contribution is -0.121. The molecule has 8 nitrogen and oxygen atoms in total. The molecule has 0 saturated carbocycles. The first-order valence-corrected chi connectivity index (χ1v) is 6.98. The van der Waals surface area contributed by atoms with Gasteiger partial charge in [-0.2, -0.15) is 10.5 Å². The van der Waals surface area contributed by atoms with Crippen molar-refractivity contribution in [3.8, 4) is 6.07 Å². The summed E-state index contributed by atoms with van der Waals surface area (Å²) in [5.41, 5.74) is 2.30. The quantitative estimate of drug-likeness (QED) is 0.830. The molecule has 1 aliphatic heterocycles. The van der Waals surface area contributed by atoms with Crippen LogP contribution in [0, 0.1) is 11.3 Å². The molecule has 0 fully saturated rings.